The Balaban J connectivity index is 1.55. The number of halogens is 1. The fourth-order valence-electron chi connectivity index (χ4n) is 3.63. The maximum atomic E-state index is 14.9. The minimum Gasteiger partial charge on any atom is -0.442 e. The van der Waals surface area contributed by atoms with Gasteiger partial charge in [0.1, 0.15) is 11.9 Å². The number of carbonyl (C=O) groups excluding carboxylic acids is 3. The Labute approximate surface area is 197 Å². The third-order valence-electron chi connectivity index (χ3n) is 5.55. The number of rotatable bonds is 11. The highest BCUT2D eigenvalue weighted by atomic mass is 19.1. The molecule has 1 fully saturated rings. The standard InChI is InChI=1S/C24H30FN5O4/c1-15(31)29-13-19-14-30(24(33)34-19)18-8-9-20(21(25)11-18)17-6-4-16(5-7-17)12-28-10-2-3-22(26)23(27)32/h4-9,11,19,22,28H,2-3,10,12-14,26H2,1H3,(H2,27,32)(H,29,31)/t19-,22-/m0/s1. The topological polar surface area (TPSA) is 140 Å². The van der Waals surface area contributed by atoms with Gasteiger partial charge in [0.2, 0.25) is 11.8 Å². The Morgan fingerprint density at radius 2 is 1.97 bits per heavy atom. The molecule has 1 saturated heterocycles. The van der Waals surface area contributed by atoms with E-state index in [0.29, 0.717) is 36.3 Å². The first-order valence-electron chi connectivity index (χ1n) is 11.1. The fourth-order valence-corrected chi connectivity index (χ4v) is 3.63. The van der Waals surface area contributed by atoms with E-state index in [2.05, 4.69) is 10.6 Å². The van der Waals surface area contributed by atoms with Crippen LogP contribution in [-0.4, -0.2) is 49.7 Å². The molecule has 0 radical (unpaired) electrons. The maximum Gasteiger partial charge on any atom is 0.414 e. The number of benzene rings is 2. The van der Waals surface area contributed by atoms with E-state index < -0.39 is 30.0 Å². The summed E-state index contributed by atoms with van der Waals surface area (Å²) in [4.78, 5) is 35.5. The Morgan fingerprint density at radius 3 is 2.62 bits per heavy atom. The predicted molar refractivity (Wildman–Crippen MR) is 126 cm³/mol. The van der Waals surface area contributed by atoms with E-state index in [4.69, 9.17) is 16.2 Å². The average Bonchev–Trinajstić information content (AvgIpc) is 3.18. The van der Waals surface area contributed by atoms with Crippen molar-refractivity contribution >= 4 is 23.6 Å². The number of primary amides is 1. The number of ether oxygens (including phenoxy) is 1. The van der Waals surface area contributed by atoms with Crippen LogP contribution in [0, 0.1) is 5.82 Å². The number of cyclic esters (lactones) is 1. The molecule has 0 unspecified atom stereocenters. The summed E-state index contributed by atoms with van der Waals surface area (Å²) in [6, 6.07) is 11.5. The van der Waals surface area contributed by atoms with Gasteiger partial charge in [0.25, 0.3) is 0 Å². The highest BCUT2D eigenvalue weighted by Crippen LogP contribution is 2.29. The van der Waals surface area contributed by atoms with Crippen LogP contribution in [-0.2, 0) is 20.9 Å². The second kappa shape index (κ2) is 11.6. The molecule has 0 bridgehead atoms. The number of hydrogen-bond donors (Lipinski definition) is 4. The van der Waals surface area contributed by atoms with Crippen LogP contribution in [0.15, 0.2) is 42.5 Å². The molecular formula is C24H30FN5O4. The highest BCUT2D eigenvalue weighted by molar-refractivity contribution is 5.90. The summed E-state index contributed by atoms with van der Waals surface area (Å²) in [5.41, 5.74) is 13.3. The van der Waals surface area contributed by atoms with Crippen LogP contribution in [0.5, 0.6) is 0 Å². The van der Waals surface area contributed by atoms with Crippen molar-refractivity contribution in [3.63, 3.8) is 0 Å². The summed E-state index contributed by atoms with van der Waals surface area (Å²) >= 11 is 0. The molecule has 2 aromatic rings. The highest BCUT2D eigenvalue weighted by Gasteiger charge is 2.32. The zero-order valence-electron chi connectivity index (χ0n) is 19.1. The Bertz CT molecular complexity index is 1030. The van der Waals surface area contributed by atoms with Gasteiger partial charge in [-0.2, -0.15) is 0 Å². The first-order valence-corrected chi connectivity index (χ1v) is 11.1. The van der Waals surface area contributed by atoms with Gasteiger partial charge in [0, 0.05) is 19.0 Å². The second-order valence-corrected chi connectivity index (χ2v) is 8.24. The number of carbonyl (C=O) groups is 3. The monoisotopic (exact) mass is 471 g/mol. The van der Waals surface area contributed by atoms with Crippen molar-refractivity contribution in [1.82, 2.24) is 10.6 Å². The van der Waals surface area contributed by atoms with Gasteiger partial charge >= 0.3 is 6.09 Å². The number of anilines is 1. The van der Waals surface area contributed by atoms with E-state index in [0.717, 1.165) is 12.0 Å². The zero-order chi connectivity index (χ0) is 24.7. The van der Waals surface area contributed by atoms with Crippen molar-refractivity contribution in [2.75, 3.05) is 24.5 Å². The number of nitrogens with one attached hydrogen (secondary N) is 2. The second-order valence-electron chi connectivity index (χ2n) is 8.24. The summed E-state index contributed by atoms with van der Waals surface area (Å²) in [5, 5.41) is 5.88. The van der Waals surface area contributed by atoms with Gasteiger partial charge in [0.05, 0.1) is 24.8 Å². The maximum absolute atomic E-state index is 14.9. The molecule has 2 atom stereocenters. The molecule has 6 N–H and O–H groups in total. The van der Waals surface area contributed by atoms with Crippen LogP contribution in [0.25, 0.3) is 11.1 Å². The van der Waals surface area contributed by atoms with E-state index in [1.807, 2.05) is 24.3 Å². The van der Waals surface area contributed by atoms with Crippen LogP contribution in [0.3, 0.4) is 0 Å². The molecule has 182 valence electrons. The van der Waals surface area contributed by atoms with E-state index in [1.54, 1.807) is 12.1 Å². The number of nitrogens with two attached hydrogens (primary N) is 2. The lowest BCUT2D eigenvalue weighted by atomic mass is 10.0. The van der Waals surface area contributed by atoms with Gasteiger partial charge in [-0.15, -0.1) is 0 Å². The Morgan fingerprint density at radius 1 is 1.24 bits per heavy atom. The van der Waals surface area contributed by atoms with Gasteiger partial charge in [-0.05, 0) is 48.7 Å². The molecule has 3 rings (SSSR count). The lowest BCUT2D eigenvalue weighted by molar-refractivity contribution is -0.120. The normalized spacial score (nSPS) is 16.3. The molecule has 34 heavy (non-hydrogen) atoms. The molecule has 1 aliphatic rings. The molecule has 3 amide bonds. The molecule has 0 spiro atoms. The van der Waals surface area contributed by atoms with Gasteiger partial charge in [-0.3, -0.25) is 14.5 Å². The van der Waals surface area contributed by atoms with Gasteiger partial charge in [-0.1, -0.05) is 24.3 Å². The van der Waals surface area contributed by atoms with Crippen molar-refractivity contribution in [1.29, 1.82) is 0 Å². The lowest BCUT2D eigenvalue weighted by Crippen LogP contribution is -2.36. The van der Waals surface area contributed by atoms with E-state index in [-0.39, 0.29) is 19.0 Å². The lowest BCUT2D eigenvalue weighted by Gasteiger charge is -2.15. The van der Waals surface area contributed by atoms with Crippen molar-refractivity contribution in [2.45, 2.75) is 38.5 Å². The van der Waals surface area contributed by atoms with Gasteiger partial charge in [0.15, 0.2) is 0 Å². The van der Waals surface area contributed by atoms with E-state index >= 15 is 0 Å². The molecule has 9 nitrogen and oxygen atoms in total. The molecule has 2 aromatic carbocycles. The van der Waals surface area contributed by atoms with Crippen LogP contribution in [0.4, 0.5) is 14.9 Å². The zero-order valence-corrected chi connectivity index (χ0v) is 19.1. The molecule has 1 aliphatic heterocycles. The van der Waals surface area contributed by atoms with Crippen molar-refractivity contribution in [2.24, 2.45) is 11.5 Å². The summed E-state index contributed by atoms with van der Waals surface area (Å²) in [6.07, 6.45) is 0.205. The smallest absolute Gasteiger partial charge is 0.414 e. The number of nitrogens with zero attached hydrogens (tertiary/aromatic N) is 1. The quantitative estimate of drug-likeness (QED) is 0.367. The summed E-state index contributed by atoms with van der Waals surface area (Å²) in [7, 11) is 0. The summed E-state index contributed by atoms with van der Waals surface area (Å²) in [6.45, 7) is 3.15. The fraction of sp³-hybridized carbons (Fsp3) is 0.375. The average molecular weight is 472 g/mol. The van der Waals surface area contributed by atoms with Crippen molar-refractivity contribution in [3.05, 3.63) is 53.8 Å². The van der Waals surface area contributed by atoms with Gasteiger partial charge < -0.3 is 26.8 Å². The number of amides is 3. The third-order valence-corrected chi connectivity index (χ3v) is 5.55. The predicted octanol–water partition coefficient (Wildman–Crippen LogP) is 1.64. The third kappa shape index (κ3) is 6.75. The van der Waals surface area contributed by atoms with Crippen LogP contribution >= 0.6 is 0 Å². The molecule has 0 saturated carbocycles. The minimum atomic E-state index is -0.622. The minimum absolute atomic E-state index is 0.209. The first kappa shape index (κ1) is 25.1. The summed E-state index contributed by atoms with van der Waals surface area (Å²) in [5.74, 6) is -1.16. The largest absolute Gasteiger partial charge is 0.442 e. The molecule has 10 heteroatoms. The van der Waals surface area contributed by atoms with Gasteiger partial charge in [-0.25, -0.2) is 9.18 Å². The Hall–Kier alpha value is -3.50. The summed E-state index contributed by atoms with van der Waals surface area (Å²) < 4.78 is 20.1. The van der Waals surface area contributed by atoms with E-state index in [9.17, 15) is 18.8 Å². The van der Waals surface area contributed by atoms with Crippen molar-refractivity contribution in [3.8, 4) is 11.1 Å². The molecular weight excluding hydrogens is 441 g/mol. The van der Waals surface area contributed by atoms with E-state index in [1.165, 1.54) is 17.9 Å². The molecule has 1 heterocycles. The molecule has 0 aromatic heterocycles. The first-order chi connectivity index (χ1) is 16.2. The van der Waals surface area contributed by atoms with Crippen molar-refractivity contribution < 1.29 is 23.5 Å². The van der Waals surface area contributed by atoms with Crippen LogP contribution in [0.2, 0.25) is 0 Å². The van der Waals surface area contributed by atoms with Crippen LogP contribution < -0.4 is 27.0 Å². The Kier molecular flexibility index (Phi) is 8.55. The molecule has 0 aliphatic carbocycles. The number of hydrogen-bond acceptors (Lipinski definition) is 6. The van der Waals surface area contributed by atoms with Crippen LogP contribution in [0.1, 0.15) is 25.3 Å². The SMILES string of the molecule is CC(=O)NC[C@H]1CN(c2ccc(-c3ccc(CNCCC[C@H](N)C(N)=O)cc3)c(F)c2)C(=O)O1.